The molecule has 3 aromatic heterocycles. The number of rotatable bonds is 5. The minimum Gasteiger partial charge on any atom is -0.349 e. The summed E-state index contributed by atoms with van der Waals surface area (Å²) in [5.41, 5.74) is -1.87. The highest BCUT2D eigenvalue weighted by atomic mass is 19.4. The van der Waals surface area contributed by atoms with E-state index in [2.05, 4.69) is 31.3 Å². The van der Waals surface area contributed by atoms with Gasteiger partial charge >= 0.3 is 6.18 Å². The molecule has 0 aliphatic carbocycles. The first-order chi connectivity index (χ1) is 16.1. The minimum absolute atomic E-state index is 0.0484. The standard InChI is InChI=1S/C22H20F4N8/c1-13(21(23)2-5-34(6-3-21)7-4-27)32-20-31-10-14(9-28)18(33-20)17-12-30-19-16(17)8-15(11-29-19)22(24,25)26/h8,10-13H,2-3,5-7H2,1H3,(H,29,30)(H,31,32,33). The monoisotopic (exact) mass is 472 g/mol. The average molecular weight is 472 g/mol. The van der Waals surface area contributed by atoms with Gasteiger partial charge in [-0.2, -0.15) is 23.7 Å². The second-order valence-electron chi connectivity index (χ2n) is 8.22. The molecule has 0 aromatic carbocycles. The number of hydrogen-bond donors (Lipinski definition) is 2. The van der Waals surface area contributed by atoms with Crippen molar-refractivity contribution in [1.82, 2.24) is 24.8 Å². The van der Waals surface area contributed by atoms with Gasteiger partial charge < -0.3 is 10.3 Å². The number of pyridine rings is 1. The Kier molecular flexibility index (Phi) is 6.11. The van der Waals surface area contributed by atoms with Crippen LogP contribution in [0.1, 0.15) is 30.9 Å². The number of alkyl halides is 4. The predicted octanol–water partition coefficient (Wildman–Crippen LogP) is 4.04. The third-order valence-corrected chi connectivity index (χ3v) is 6.13. The van der Waals surface area contributed by atoms with Crippen molar-refractivity contribution in [2.75, 3.05) is 25.0 Å². The summed E-state index contributed by atoms with van der Waals surface area (Å²) in [6, 6.07) is 4.27. The summed E-state index contributed by atoms with van der Waals surface area (Å²) in [6.07, 6.45) is -0.737. The Morgan fingerprint density at radius 1 is 1.24 bits per heavy atom. The number of anilines is 1. The number of nitrogens with one attached hydrogen (secondary N) is 2. The van der Waals surface area contributed by atoms with E-state index >= 15 is 4.39 Å². The molecule has 8 nitrogen and oxygen atoms in total. The van der Waals surface area contributed by atoms with Gasteiger partial charge in [0, 0.05) is 36.4 Å². The van der Waals surface area contributed by atoms with Crippen LogP contribution < -0.4 is 5.32 Å². The molecule has 4 heterocycles. The summed E-state index contributed by atoms with van der Waals surface area (Å²) in [6.45, 7) is 2.79. The summed E-state index contributed by atoms with van der Waals surface area (Å²) in [7, 11) is 0. The molecule has 0 saturated carbocycles. The SMILES string of the molecule is CC(Nc1ncc(C#N)c(-c2c[nH]c3ncc(C(F)(F)F)cc23)n1)C1(F)CCN(CC#N)CC1. The fourth-order valence-electron chi connectivity index (χ4n) is 4.03. The molecule has 1 fully saturated rings. The molecule has 1 saturated heterocycles. The van der Waals surface area contributed by atoms with Crippen LogP contribution in [0.5, 0.6) is 0 Å². The second kappa shape index (κ2) is 8.88. The van der Waals surface area contributed by atoms with E-state index in [9.17, 15) is 18.4 Å². The van der Waals surface area contributed by atoms with E-state index in [4.69, 9.17) is 5.26 Å². The molecule has 34 heavy (non-hydrogen) atoms. The van der Waals surface area contributed by atoms with Crippen LogP contribution in [0.4, 0.5) is 23.5 Å². The Morgan fingerprint density at radius 2 is 1.97 bits per heavy atom. The van der Waals surface area contributed by atoms with Gasteiger partial charge in [0.05, 0.1) is 41.7 Å². The first-order valence-corrected chi connectivity index (χ1v) is 10.5. The van der Waals surface area contributed by atoms with E-state index in [1.54, 1.807) is 6.92 Å². The molecule has 1 aliphatic rings. The van der Waals surface area contributed by atoms with E-state index in [1.807, 2.05) is 11.0 Å². The topological polar surface area (TPSA) is 117 Å². The smallest absolute Gasteiger partial charge is 0.349 e. The number of nitriles is 2. The number of piperidine rings is 1. The van der Waals surface area contributed by atoms with E-state index in [1.165, 1.54) is 12.4 Å². The van der Waals surface area contributed by atoms with Gasteiger partial charge in [-0.25, -0.2) is 19.3 Å². The van der Waals surface area contributed by atoms with Gasteiger partial charge in [0.15, 0.2) is 0 Å². The quantitative estimate of drug-likeness (QED) is 0.425. The van der Waals surface area contributed by atoms with Crippen molar-refractivity contribution in [3.63, 3.8) is 0 Å². The van der Waals surface area contributed by atoms with Crippen molar-refractivity contribution in [3.05, 3.63) is 35.8 Å². The largest absolute Gasteiger partial charge is 0.417 e. The Balaban J connectivity index is 1.64. The fourth-order valence-corrected chi connectivity index (χ4v) is 4.03. The molecule has 0 radical (unpaired) electrons. The van der Waals surface area contributed by atoms with Crippen LogP contribution in [0.25, 0.3) is 22.3 Å². The summed E-state index contributed by atoms with van der Waals surface area (Å²) in [5, 5.41) is 21.4. The van der Waals surface area contributed by atoms with Crippen LogP contribution in [0.3, 0.4) is 0 Å². The number of halogens is 4. The molecule has 1 unspecified atom stereocenters. The van der Waals surface area contributed by atoms with Gasteiger partial charge in [0.25, 0.3) is 0 Å². The predicted molar refractivity (Wildman–Crippen MR) is 115 cm³/mol. The van der Waals surface area contributed by atoms with Gasteiger partial charge in [-0.3, -0.25) is 4.90 Å². The van der Waals surface area contributed by atoms with Gasteiger partial charge in [-0.1, -0.05) is 0 Å². The van der Waals surface area contributed by atoms with Gasteiger partial charge in [0.2, 0.25) is 5.95 Å². The highest BCUT2D eigenvalue weighted by Crippen LogP contribution is 2.35. The number of fused-ring (bicyclic) bond motifs is 1. The van der Waals surface area contributed by atoms with E-state index in [0.717, 1.165) is 12.3 Å². The van der Waals surface area contributed by atoms with Crippen LogP contribution in [0.15, 0.2) is 24.7 Å². The van der Waals surface area contributed by atoms with Crippen LogP contribution in [0, 0.1) is 22.7 Å². The Hall–Kier alpha value is -3.77. The van der Waals surface area contributed by atoms with Crippen molar-refractivity contribution >= 4 is 17.0 Å². The molecule has 0 bridgehead atoms. The molecule has 0 amide bonds. The van der Waals surface area contributed by atoms with Gasteiger partial charge in [-0.05, 0) is 25.8 Å². The molecule has 0 spiro atoms. The van der Waals surface area contributed by atoms with Gasteiger partial charge in [0.1, 0.15) is 17.4 Å². The number of nitrogens with zero attached hydrogens (tertiary/aromatic N) is 6. The fraction of sp³-hybridized carbons (Fsp3) is 0.409. The number of aromatic amines is 1. The maximum atomic E-state index is 15.5. The minimum atomic E-state index is -4.58. The van der Waals surface area contributed by atoms with Crippen molar-refractivity contribution in [2.24, 2.45) is 0 Å². The summed E-state index contributed by atoms with van der Waals surface area (Å²) in [4.78, 5) is 16.9. The lowest BCUT2D eigenvalue weighted by Gasteiger charge is -2.39. The zero-order valence-corrected chi connectivity index (χ0v) is 18.1. The van der Waals surface area contributed by atoms with Crippen molar-refractivity contribution in [1.29, 1.82) is 10.5 Å². The summed E-state index contributed by atoms with van der Waals surface area (Å²) in [5.74, 6) is 0.0484. The van der Waals surface area contributed by atoms with E-state index in [0.29, 0.717) is 13.1 Å². The zero-order valence-electron chi connectivity index (χ0n) is 18.1. The average Bonchev–Trinajstić information content (AvgIpc) is 3.23. The van der Waals surface area contributed by atoms with Crippen LogP contribution in [-0.2, 0) is 6.18 Å². The number of likely N-dealkylation sites (tertiary alicyclic amines) is 1. The first kappa shape index (κ1) is 23.4. The maximum Gasteiger partial charge on any atom is 0.417 e. The van der Waals surface area contributed by atoms with Crippen LogP contribution >= 0.6 is 0 Å². The molecule has 176 valence electrons. The second-order valence-corrected chi connectivity index (χ2v) is 8.22. The lowest BCUT2D eigenvalue weighted by Crippen LogP contribution is -2.50. The summed E-state index contributed by atoms with van der Waals surface area (Å²) < 4.78 is 55.1. The molecule has 1 atom stereocenters. The molecular formula is C22H20F4N8. The van der Waals surface area contributed by atoms with Gasteiger partial charge in [-0.15, -0.1) is 0 Å². The molecular weight excluding hydrogens is 452 g/mol. The molecule has 2 N–H and O–H groups in total. The Morgan fingerprint density at radius 3 is 2.62 bits per heavy atom. The maximum absolute atomic E-state index is 15.5. The highest BCUT2D eigenvalue weighted by Gasteiger charge is 2.40. The molecule has 12 heteroatoms. The van der Waals surface area contributed by atoms with Crippen molar-refractivity contribution < 1.29 is 17.6 Å². The van der Waals surface area contributed by atoms with E-state index in [-0.39, 0.29) is 53.2 Å². The van der Waals surface area contributed by atoms with E-state index < -0.39 is 23.5 Å². The molecule has 4 rings (SSSR count). The lowest BCUT2D eigenvalue weighted by molar-refractivity contribution is -0.137. The molecule has 1 aliphatic heterocycles. The van der Waals surface area contributed by atoms with Crippen LogP contribution in [0.2, 0.25) is 0 Å². The van der Waals surface area contributed by atoms with Crippen molar-refractivity contribution in [3.8, 4) is 23.4 Å². The number of aromatic nitrogens is 4. The lowest BCUT2D eigenvalue weighted by atomic mass is 9.87. The highest BCUT2D eigenvalue weighted by molar-refractivity contribution is 5.94. The third-order valence-electron chi connectivity index (χ3n) is 6.13. The van der Waals surface area contributed by atoms with Crippen LogP contribution in [-0.4, -0.2) is 56.2 Å². The Labute approximate surface area is 192 Å². The number of hydrogen-bond acceptors (Lipinski definition) is 7. The normalized spacial score (nSPS) is 17.1. The first-order valence-electron chi connectivity index (χ1n) is 10.5. The summed E-state index contributed by atoms with van der Waals surface area (Å²) >= 11 is 0. The number of H-pyrrole nitrogens is 1. The zero-order chi connectivity index (χ0) is 24.5. The third kappa shape index (κ3) is 4.50. The van der Waals surface area contributed by atoms with Crippen molar-refractivity contribution in [2.45, 2.75) is 37.7 Å². The Bertz CT molecular complexity index is 1280. The molecule has 3 aromatic rings.